The summed E-state index contributed by atoms with van der Waals surface area (Å²) in [6, 6.07) is 6.02. The van der Waals surface area contributed by atoms with Gasteiger partial charge in [-0.15, -0.1) is 11.8 Å². The summed E-state index contributed by atoms with van der Waals surface area (Å²) in [5, 5.41) is 7.22. The first kappa shape index (κ1) is 15.8. The molecule has 112 valence electrons. The Morgan fingerprint density at radius 2 is 2.29 bits per heavy atom. The molecule has 0 saturated heterocycles. The molecule has 2 rings (SSSR count). The Morgan fingerprint density at radius 1 is 1.48 bits per heavy atom. The molecule has 0 fully saturated rings. The predicted molar refractivity (Wildman–Crippen MR) is 90.0 cm³/mol. The third-order valence-corrected chi connectivity index (χ3v) is 3.95. The lowest BCUT2D eigenvalue weighted by Gasteiger charge is -2.14. The van der Waals surface area contributed by atoms with Crippen molar-refractivity contribution in [3.63, 3.8) is 0 Å². The second-order valence-electron chi connectivity index (χ2n) is 4.38. The van der Waals surface area contributed by atoms with Gasteiger partial charge in [0.05, 0.1) is 0 Å². The van der Waals surface area contributed by atoms with Crippen molar-refractivity contribution in [3.8, 4) is 0 Å². The molecule has 21 heavy (non-hydrogen) atoms. The lowest BCUT2D eigenvalue weighted by atomic mass is 10.1. The third kappa shape index (κ3) is 4.18. The van der Waals surface area contributed by atoms with Crippen LogP contribution in [0.15, 0.2) is 27.6 Å². The molecule has 1 aromatic heterocycles. The molecule has 0 bridgehead atoms. The molecule has 1 aromatic carbocycles. The number of nitrogens with zero attached hydrogens (tertiary/aromatic N) is 2. The number of hydrogen-bond acceptors (Lipinski definition) is 6. The number of aromatic nitrogens is 2. The lowest BCUT2D eigenvalue weighted by Crippen LogP contribution is -2.16. The summed E-state index contributed by atoms with van der Waals surface area (Å²) in [5.74, 6) is 2.24. The van der Waals surface area contributed by atoms with E-state index in [1.54, 1.807) is 18.7 Å². The molecule has 1 heterocycles. The second kappa shape index (κ2) is 7.42. The Morgan fingerprint density at radius 3 is 2.90 bits per heavy atom. The molecule has 5 nitrogen and oxygen atoms in total. The van der Waals surface area contributed by atoms with E-state index in [2.05, 4.69) is 22.4 Å². The van der Waals surface area contributed by atoms with Gasteiger partial charge in [-0.05, 0) is 17.9 Å². The van der Waals surface area contributed by atoms with E-state index in [1.165, 1.54) is 0 Å². The van der Waals surface area contributed by atoms with Crippen LogP contribution in [0.3, 0.4) is 0 Å². The highest BCUT2D eigenvalue weighted by Crippen LogP contribution is 2.28. The standard InChI is InChI=1S/C14H18N4OS2/c1-3-21-11-6-4-5-10(13(11)14(15)20)16-8-7-12-17-9(2)19-18-12/h4-6,16H,3,7-8H2,1-2H3,(H2,15,20). The molecule has 3 N–H and O–H groups in total. The SMILES string of the molecule is CCSc1cccc(NCCc2noc(C)n2)c1C(N)=S. The van der Waals surface area contributed by atoms with Gasteiger partial charge in [-0.1, -0.05) is 30.4 Å². The van der Waals surface area contributed by atoms with Gasteiger partial charge in [0.2, 0.25) is 5.89 Å². The first-order valence-corrected chi connectivity index (χ1v) is 8.10. The number of rotatable bonds is 7. The van der Waals surface area contributed by atoms with Crippen LogP contribution in [0.25, 0.3) is 0 Å². The molecule has 0 spiro atoms. The predicted octanol–water partition coefficient (Wildman–Crippen LogP) is 2.78. The molecule has 0 saturated carbocycles. The number of anilines is 1. The van der Waals surface area contributed by atoms with Gasteiger partial charge in [0.25, 0.3) is 0 Å². The average molecular weight is 322 g/mol. The highest BCUT2D eigenvalue weighted by Gasteiger charge is 2.11. The molecular formula is C14H18N4OS2. The highest BCUT2D eigenvalue weighted by molar-refractivity contribution is 7.99. The van der Waals surface area contributed by atoms with E-state index < -0.39 is 0 Å². The molecule has 2 aromatic rings. The molecule has 0 aliphatic carbocycles. The van der Waals surface area contributed by atoms with Crippen LogP contribution in [0.5, 0.6) is 0 Å². The molecule has 0 atom stereocenters. The van der Waals surface area contributed by atoms with Crippen LogP contribution in [0.2, 0.25) is 0 Å². The fourth-order valence-corrected chi connectivity index (χ4v) is 3.09. The van der Waals surface area contributed by atoms with Gasteiger partial charge in [-0.2, -0.15) is 4.98 Å². The summed E-state index contributed by atoms with van der Waals surface area (Å²) in [4.78, 5) is 5.68. The minimum atomic E-state index is 0.407. The number of hydrogen-bond donors (Lipinski definition) is 2. The van der Waals surface area contributed by atoms with E-state index in [4.69, 9.17) is 22.5 Å². The minimum absolute atomic E-state index is 0.407. The van der Waals surface area contributed by atoms with Crippen LogP contribution >= 0.6 is 24.0 Å². The fourth-order valence-electron chi connectivity index (χ4n) is 1.96. The van der Waals surface area contributed by atoms with Crippen LogP contribution < -0.4 is 11.1 Å². The molecule has 7 heteroatoms. The Bertz CT molecular complexity index is 627. The van der Waals surface area contributed by atoms with Gasteiger partial charge in [0.1, 0.15) is 4.99 Å². The van der Waals surface area contributed by atoms with Crippen LogP contribution in [-0.2, 0) is 6.42 Å². The van der Waals surface area contributed by atoms with E-state index in [0.717, 1.165) is 21.9 Å². The summed E-state index contributed by atoms with van der Waals surface area (Å²) in [5.41, 5.74) is 7.72. The van der Waals surface area contributed by atoms with Gasteiger partial charge in [0, 0.05) is 36.0 Å². The van der Waals surface area contributed by atoms with E-state index in [-0.39, 0.29) is 0 Å². The van der Waals surface area contributed by atoms with Gasteiger partial charge in [0.15, 0.2) is 5.82 Å². The van der Waals surface area contributed by atoms with Crippen LogP contribution in [-0.4, -0.2) is 27.4 Å². The maximum Gasteiger partial charge on any atom is 0.223 e. The molecule has 0 aliphatic rings. The molecule has 0 unspecified atom stereocenters. The molecule has 0 aliphatic heterocycles. The normalized spacial score (nSPS) is 10.6. The maximum absolute atomic E-state index is 5.87. The zero-order valence-electron chi connectivity index (χ0n) is 12.0. The van der Waals surface area contributed by atoms with Gasteiger partial charge in [-0.3, -0.25) is 0 Å². The molecule has 0 radical (unpaired) electrons. The Kier molecular flexibility index (Phi) is 5.58. The van der Waals surface area contributed by atoms with E-state index in [1.807, 2.05) is 18.2 Å². The first-order valence-electron chi connectivity index (χ1n) is 6.70. The van der Waals surface area contributed by atoms with Crippen LogP contribution in [0, 0.1) is 6.92 Å². The summed E-state index contributed by atoms with van der Waals surface area (Å²) < 4.78 is 4.95. The zero-order chi connectivity index (χ0) is 15.2. The second-order valence-corrected chi connectivity index (χ2v) is 6.13. The average Bonchev–Trinajstić information content (AvgIpc) is 2.85. The van der Waals surface area contributed by atoms with Crippen molar-refractivity contribution in [1.82, 2.24) is 10.1 Å². The van der Waals surface area contributed by atoms with E-state index in [9.17, 15) is 0 Å². The summed E-state index contributed by atoms with van der Waals surface area (Å²) in [6.07, 6.45) is 0.680. The number of aryl methyl sites for hydroxylation is 1. The van der Waals surface area contributed by atoms with Gasteiger partial charge < -0.3 is 15.6 Å². The Labute approximate surface area is 133 Å². The number of thioether (sulfide) groups is 1. The van der Waals surface area contributed by atoms with Crippen molar-refractivity contribution in [1.29, 1.82) is 0 Å². The maximum atomic E-state index is 5.87. The minimum Gasteiger partial charge on any atom is -0.389 e. The van der Waals surface area contributed by atoms with Crippen molar-refractivity contribution in [2.75, 3.05) is 17.6 Å². The molecule has 0 amide bonds. The van der Waals surface area contributed by atoms with Crippen molar-refractivity contribution in [3.05, 3.63) is 35.5 Å². The number of thiocarbonyl (C=S) groups is 1. The lowest BCUT2D eigenvalue weighted by molar-refractivity contribution is 0.387. The quantitative estimate of drug-likeness (QED) is 0.599. The van der Waals surface area contributed by atoms with Gasteiger partial charge in [-0.25, -0.2) is 0 Å². The van der Waals surface area contributed by atoms with Crippen molar-refractivity contribution < 1.29 is 4.52 Å². The van der Waals surface area contributed by atoms with E-state index >= 15 is 0 Å². The first-order chi connectivity index (χ1) is 10.1. The van der Waals surface area contributed by atoms with Crippen LogP contribution in [0.1, 0.15) is 24.2 Å². The monoisotopic (exact) mass is 322 g/mol. The van der Waals surface area contributed by atoms with Gasteiger partial charge >= 0.3 is 0 Å². The Balaban J connectivity index is 2.08. The van der Waals surface area contributed by atoms with E-state index in [0.29, 0.717) is 29.7 Å². The van der Waals surface area contributed by atoms with Crippen molar-refractivity contribution in [2.24, 2.45) is 5.73 Å². The van der Waals surface area contributed by atoms with Crippen molar-refractivity contribution >= 4 is 34.7 Å². The highest BCUT2D eigenvalue weighted by atomic mass is 32.2. The summed E-state index contributed by atoms with van der Waals surface area (Å²) >= 11 is 6.91. The fraction of sp³-hybridized carbons (Fsp3) is 0.357. The van der Waals surface area contributed by atoms with Crippen molar-refractivity contribution in [2.45, 2.75) is 25.2 Å². The zero-order valence-corrected chi connectivity index (χ0v) is 13.7. The number of nitrogens with one attached hydrogen (secondary N) is 1. The Hall–Kier alpha value is -1.60. The number of nitrogens with two attached hydrogens (primary N) is 1. The summed E-state index contributed by atoms with van der Waals surface area (Å²) in [6.45, 7) is 4.57. The third-order valence-electron chi connectivity index (χ3n) is 2.81. The van der Waals surface area contributed by atoms with Crippen LogP contribution in [0.4, 0.5) is 5.69 Å². The molecular weight excluding hydrogens is 304 g/mol. The smallest absolute Gasteiger partial charge is 0.223 e. The topological polar surface area (TPSA) is 77.0 Å². The number of benzene rings is 1. The summed E-state index contributed by atoms with van der Waals surface area (Å²) in [7, 11) is 0. The largest absolute Gasteiger partial charge is 0.389 e.